The zero-order chi connectivity index (χ0) is 13.2. The number of carbonyl (C=O) groups is 1. The van der Waals surface area contributed by atoms with Gasteiger partial charge in [0, 0.05) is 35.4 Å². The number of hydrogen-bond acceptors (Lipinski definition) is 3. The van der Waals surface area contributed by atoms with Gasteiger partial charge < -0.3 is 11.1 Å². The molecule has 1 saturated carbocycles. The van der Waals surface area contributed by atoms with Gasteiger partial charge in [-0.15, -0.1) is 0 Å². The van der Waals surface area contributed by atoms with Gasteiger partial charge in [0.15, 0.2) is 0 Å². The summed E-state index contributed by atoms with van der Waals surface area (Å²) in [6.07, 6.45) is 6.20. The monoisotopic (exact) mass is 255 g/mol. The van der Waals surface area contributed by atoms with Crippen LogP contribution in [-0.4, -0.2) is 16.9 Å². The molecule has 1 amide bonds. The molecule has 2 atom stereocenters. The second-order valence-corrected chi connectivity index (χ2v) is 5.20. The highest BCUT2D eigenvalue weighted by Crippen LogP contribution is 2.26. The zero-order valence-electron chi connectivity index (χ0n) is 10.7. The third-order valence-electron chi connectivity index (χ3n) is 3.75. The molecule has 2 aromatic rings. The predicted octanol–water partition coefficient (Wildman–Crippen LogP) is 2.30. The first-order chi connectivity index (χ1) is 9.22. The fourth-order valence-electron chi connectivity index (χ4n) is 2.66. The number of nitrogens with two attached hydrogens (primary N) is 1. The highest BCUT2D eigenvalue weighted by molar-refractivity contribution is 5.95. The van der Waals surface area contributed by atoms with E-state index in [2.05, 4.69) is 10.3 Å². The molecular formula is C15H17N3O. The van der Waals surface area contributed by atoms with Gasteiger partial charge in [-0.25, -0.2) is 0 Å². The lowest BCUT2D eigenvalue weighted by Gasteiger charge is -2.11. The van der Waals surface area contributed by atoms with E-state index in [-0.39, 0.29) is 17.9 Å². The minimum absolute atomic E-state index is 0.0585. The van der Waals surface area contributed by atoms with Crippen molar-refractivity contribution in [3.05, 3.63) is 36.7 Å². The number of benzene rings is 1. The van der Waals surface area contributed by atoms with E-state index in [1.54, 1.807) is 6.20 Å². The second-order valence-electron chi connectivity index (χ2n) is 5.20. The molecule has 3 N–H and O–H groups in total. The summed E-state index contributed by atoms with van der Waals surface area (Å²) >= 11 is 0. The van der Waals surface area contributed by atoms with Gasteiger partial charge in [-0.2, -0.15) is 0 Å². The van der Waals surface area contributed by atoms with Crippen molar-refractivity contribution in [1.82, 2.24) is 4.98 Å². The Morgan fingerprint density at radius 1 is 1.26 bits per heavy atom. The van der Waals surface area contributed by atoms with Crippen LogP contribution in [0.2, 0.25) is 0 Å². The predicted molar refractivity (Wildman–Crippen MR) is 75.7 cm³/mol. The molecule has 4 heteroatoms. The van der Waals surface area contributed by atoms with Crippen LogP contribution in [0.25, 0.3) is 10.8 Å². The summed E-state index contributed by atoms with van der Waals surface area (Å²) in [6, 6.07) is 7.98. The molecule has 4 nitrogen and oxygen atoms in total. The lowest BCUT2D eigenvalue weighted by atomic mass is 10.1. The van der Waals surface area contributed by atoms with Crippen molar-refractivity contribution in [2.24, 2.45) is 11.7 Å². The number of pyridine rings is 1. The van der Waals surface area contributed by atoms with Gasteiger partial charge in [-0.05, 0) is 42.8 Å². The fraction of sp³-hybridized carbons (Fsp3) is 0.333. The van der Waals surface area contributed by atoms with Crippen molar-refractivity contribution in [2.45, 2.75) is 25.3 Å². The van der Waals surface area contributed by atoms with Crippen LogP contribution in [-0.2, 0) is 4.79 Å². The quantitative estimate of drug-likeness (QED) is 0.865. The maximum absolute atomic E-state index is 12.1. The first-order valence-electron chi connectivity index (χ1n) is 6.62. The molecule has 0 aliphatic heterocycles. The van der Waals surface area contributed by atoms with Crippen molar-refractivity contribution in [3.8, 4) is 0 Å². The van der Waals surface area contributed by atoms with E-state index >= 15 is 0 Å². The molecule has 1 aliphatic rings. The van der Waals surface area contributed by atoms with Crippen molar-refractivity contribution >= 4 is 22.4 Å². The van der Waals surface area contributed by atoms with E-state index in [0.717, 1.165) is 35.7 Å². The number of nitrogens with zero attached hydrogens (tertiary/aromatic N) is 1. The number of rotatable bonds is 2. The average molecular weight is 255 g/mol. The Morgan fingerprint density at radius 2 is 2.16 bits per heavy atom. The molecule has 0 spiro atoms. The molecule has 1 aliphatic carbocycles. The van der Waals surface area contributed by atoms with Crippen LogP contribution in [0.1, 0.15) is 19.3 Å². The normalized spacial score (nSPS) is 22.6. The molecule has 3 rings (SSSR count). The van der Waals surface area contributed by atoms with Gasteiger partial charge in [0.2, 0.25) is 5.91 Å². The minimum atomic E-state index is 0.0585. The fourth-order valence-corrected chi connectivity index (χ4v) is 2.66. The Kier molecular flexibility index (Phi) is 3.17. The number of anilines is 1. The van der Waals surface area contributed by atoms with Gasteiger partial charge in [0.25, 0.3) is 0 Å². The Morgan fingerprint density at radius 3 is 2.95 bits per heavy atom. The molecule has 1 aromatic heterocycles. The van der Waals surface area contributed by atoms with Gasteiger partial charge in [0.05, 0.1) is 0 Å². The number of nitrogens with one attached hydrogen (secondary N) is 1. The van der Waals surface area contributed by atoms with Crippen LogP contribution < -0.4 is 11.1 Å². The van der Waals surface area contributed by atoms with Gasteiger partial charge in [0.1, 0.15) is 0 Å². The highest BCUT2D eigenvalue weighted by Gasteiger charge is 2.27. The molecule has 1 aromatic carbocycles. The largest absolute Gasteiger partial charge is 0.328 e. The Labute approximate surface area is 112 Å². The van der Waals surface area contributed by atoms with Crippen LogP contribution >= 0.6 is 0 Å². The van der Waals surface area contributed by atoms with Crippen molar-refractivity contribution in [2.75, 3.05) is 5.32 Å². The van der Waals surface area contributed by atoms with E-state index in [1.165, 1.54) is 0 Å². The Bertz CT molecular complexity index is 611. The van der Waals surface area contributed by atoms with E-state index in [9.17, 15) is 4.79 Å². The highest BCUT2D eigenvalue weighted by atomic mass is 16.1. The molecule has 0 saturated heterocycles. The van der Waals surface area contributed by atoms with Gasteiger partial charge >= 0.3 is 0 Å². The third-order valence-corrected chi connectivity index (χ3v) is 3.75. The summed E-state index contributed by atoms with van der Waals surface area (Å²) in [5.74, 6) is 0.143. The Hall–Kier alpha value is -1.94. The van der Waals surface area contributed by atoms with E-state index in [0.29, 0.717) is 0 Å². The van der Waals surface area contributed by atoms with E-state index in [1.807, 2.05) is 30.5 Å². The summed E-state index contributed by atoms with van der Waals surface area (Å²) < 4.78 is 0. The first-order valence-corrected chi connectivity index (χ1v) is 6.62. The van der Waals surface area contributed by atoms with Gasteiger partial charge in [-0.3, -0.25) is 9.78 Å². The minimum Gasteiger partial charge on any atom is -0.328 e. The molecule has 0 radical (unpaired) electrons. The van der Waals surface area contributed by atoms with Crippen molar-refractivity contribution in [3.63, 3.8) is 0 Å². The molecule has 0 bridgehead atoms. The number of amides is 1. The smallest absolute Gasteiger partial charge is 0.227 e. The SMILES string of the molecule is NC1CC[C@@H](C(=O)Nc2ccc3cnccc3c2)C1. The molecule has 1 heterocycles. The van der Waals surface area contributed by atoms with E-state index < -0.39 is 0 Å². The zero-order valence-corrected chi connectivity index (χ0v) is 10.7. The molecule has 98 valence electrons. The summed E-state index contributed by atoms with van der Waals surface area (Å²) in [7, 11) is 0. The number of aromatic nitrogens is 1. The second kappa shape index (κ2) is 4.97. The number of hydrogen-bond donors (Lipinski definition) is 2. The van der Waals surface area contributed by atoms with Crippen LogP contribution in [0, 0.1) is 5.92 Å². The summed E-state index contributed by atoms with van der Waals surface area (Å²) in [6.45, 7) is 0. The standard InChI is InChI=1S/C15H17N3O/c16-13-3-1-11(7-13)15(19)18-14-4-2-12-9-17-6-5-10(12)8-14/h2,4-6,8-9,11,13H,1,3,7,16H2,(H,18,19)/t11-,13?/m1/s1. The number of carbonyl (C=O) groups excluding carboxylic acids is 1. The first kappa shape index (κ1) is 12.1. The summed E-state index contributed by atoms with van der Waals surface area (Å²) in [4.78, 5) is 16.2. The number of fused-ring (bicyclic) bond motifs is 1. The Balaban J connectivity index is 1.76. The maximum atomic E-state index is 12.1. The van der Waals surface area contributed by atoms with Crippen LogP contribution in [0.4, 0.5) is 5.69 Å². The van der Waals surface area contributed by atoms with Crippen molar-refractivity contribution < 1.29 is 4.79 Å². The van der Waals surface area contributed by atoms with Crippen LogP contribution in [0.15, 0.2) is 36.7 Å². The lowest BCUT2D eigenvalue weighted by molar-refractivity contribution is -0.119. The third kappa shape index (κ3) is 2.58. The summed E-state index contributed by atoms with van der Waals surface area (Å²) in [5.41, 5.74) is 6.68. The molecule has 1 fully saturated rings. The van der Waals surface area contributed by atoms with Gasteiger partial charge in [-0.1, -0.05) is 6.07 Å². The van der Waals surface area contributed by atoms with Crippen molar-refractivity contribution in [1.29, 1.82) is 0 Å². The summed E-state index contributed by atoms with van der Waals surface area (Å²) in [5, 5.41) is 5.13. The molecular weight excluding hydrogens is 238 g/mol. The lowest BCUT2D eigenvalue weighted by Crippen LogP contribution is -2.23. The topological polar surface area (TPSA) is 68.0 Å². The maximum Gasteiger partial charge on any atom is 0.227 e. The van der Waals surface area contributed by atoms with Crippen LogP contribution in [0.3, 0.4) is 0 Å². The molecule has 19 heavy (non-hydrogen) atoms. The van der Waals surface area contributed by atoms with E-state index in [4.69, 9.17) is 5.73 Å². The molecule has 1 unspecified atom stereocenters. The average Bonchev–Trinajstić information content (AvgIpc) is 2.85. The van der Waals surface area contributed by atoms with Crippen LogP contribution in [0.5, 0.6) is 0 Å².